The molecule has 0 spiro atoms. The van der Waals surface area contributed by atoms with Crippen molar-refractivity contribution in [2.75, 3.05) is 30.4 Å². The van der Waals surface area contributed by atoms with E-state index in [4.69, 9.17) is 4.74 Å². The number of carbonyl (C=O) groups excluding carboxylic acids is 1. The van der Waals surface area contributed by atoms with Crippen LogP contribution in [0.3, 0.4) is 0 Å². The maximum absolute atomic E-state index is 15.0. The van der Waals surface area contributed by atoms with Gasteiger partial charge in [0.2, 0.25) is 11.3 Å². The fourth-order valence-electron chi connectivity index (χ4n) is 3.75. The minimum absolute atomic E-state index is 0.0512. The topological polar surface area (TPSA) is 140 Å². The quantitative estimate of drug-likeness (QED) is 0.411. The zero-order valence-electron chi connectivity index (χ0n) is 18.1. The fraction of sp³-hybridized carbons (Fsp3) is 0.182. The first-order chi connectivity index (χ1) is 16.9. The van der Waals surface area contributed by atoms with E-state index >= 15 is 4.39 Å². The number of amides is 1. The van der Waals surface area contributed by atoms with Crippen molar-refractivity contribution in [2.45, 2.75) is 0 Å². The van der Waals surface area contributed by atoms with Crippen LogP contribution in [0.15, 0.2) is 47.0 Å². The van der Waals surface area contributed by atoms with Crippen LogP contribution in [0.4, 0.5) is 16.0 Å². The Bertz CT molecular complexity index is 1520. The van der Waals surface area contributed by atoms with Crippen LogP contribution in [0, 0.1) is 11.7 Å². The molecule has 11 nitrogen and oxygen atoms in total. The van der Waals surface area contributed by atoms with E-state index in [1.165, 1.54) is 35.4 Å². The van der Waals surface area contributed by atoms with Gasteiger partial charge in [-0.25, -0.2) is 24.1 Å². The highest BCUT2D eigenvalue weighted by molar-refractivity contribution is 7.12. The lowest BCUT2D eigenvalue weighted by Gasteiger charge is -2.39. The predicted octanol–water partition coefficient (Wildman–Crippen LogP) is 2.16. The summed E-state index contributed by atoms with van der Waals surface area (Å²) < 4.78 is 21.5. The standard InChI is InChI=1S/C22H17FN6O5S/c1-34-15-3-2-4-24-17(15)26-20(31)11-8-28(9-11)19-14(23)7-12-16(30)13(21(32)33)10-29(18(12)27-19)22-25-5-6-35-22/h2-7,10-11H,8-9H2,1H3,(H,32,33)(H,24,26,31). The van der Waals surface area contributed by atoms with E-state index in [9.17, 15) is 19.5 Å². The van der Waals surface area contributed by atoms with E-state index in [-0.39, 0.29) is 41.7 Å². The Labute approximate surface area is 200 Å². The molecular formula is C22H17FN6O5S. The molecule has 13 heteroatoms. The SMILES string of the molecule is COc1cccnc1NC(=O)C1CN(c2nc3c(cc2F)c(=O)c(C(=O)O)cn3-c2nccs2)C1. The number of fused-ring (bicyclic) bond motifs is 1. The highest BCUT2D eigenvalue weighted by Gasteiger charge is 2.36. The second kappa shape index (κ2) is 8.76. The Morgan fingerprint density at radius 2 is 2.09 bits per heavy atom. The van der Waals surface area contributed by atoms with Gasteiger partial charge < -0.3 is 20.1 Å². The van der Waals surface area contributed by atoms with Crippen LogP contribution in [0.2, 0.25) is 0 Å². The summed E-state index contributed by atoms with van der Waals surface area (Å²) in [5.74, 6) is -2.33. The molecule has 5 rings (SSSR count). The van der Waals surface area contributed by atoms with Gasteiger partial charge in [-0.05, 0) is 18.2 Å². The molecule has 4 aromatic heterocycles. The highest BCUT2D eigenvalue weighted by atomic mass is 32.1. The van der Waals surface area contributed by atoms with E-state index in [1.54, 1.807) is 22.4 Å². The third kappa shape index (κ3) is 3.95. The number of pyridine rings is 3. The zero-order valence-corrected chi connectivity index (χ0v) is 19.0. The number of hydrogen-bond donors (Lipinski definition) is 2. The lowest BCUT2D eigenvalue weighted by Crippen LogP contribution is -2.53. The third-order valence-electron chi connectivity index (χ3n) is 5.55. The summed E-state index contributed by atoms with van der Waals surface area (Å²) in [4.78, 5) is 51.0. The van der Waals surface area contributed by atoms with E-state index in [0.29, 0.717) is 10.9 Å². The summed E-state index contributed by atoms with van der Waals surface area (Å²) in [6.45, 7) is 0.371. The number of methoxy groups -OCH3 is 1. The van der Waals surface area contributed by atoms with Crippen LogP contribution in [0.5, 0.6) is 5.75 Å². The van der Waals surface area contributed by atoms with Crippen molar-refractivity contribution in [3.8, 4) is 10.9 Å². The molecular weight excluding hydrogens is 479 g/mol. The summed E-state index contributed by atoms with van der Waals surface area (Å²) in [5.41, 5.74) is -1.30. The van der Waals surface area contributed by atoms with Gasteiger partial charge in [0.15, 0.2) is 34.0 Å². The minimum Gasteiger partial charge on any atom is -0.493 e. The van der Waals surface area contributed by atoms with Crippen molar-refractivity contribution in [1.29, 1.82) is 0 Å². The number of carbonyl (C=O) groups is 2. The van der Waals surface area contributed by atoms with E-state index in [2.05, 4.69) is 20.3 Å². The molecule has 35 heavy (non-hydrogen) atoms. The van der Waals surface area contributed by atoms with Crippen molar-refractivity contribution in [2.24, 2.45) is 5.92 Å². The molecule has 0 unspecified atom stereocenters. The van der Waals surface area contributed by atoms with Crippen molar-refractivity contribution in [3.05, 3.63) is 63.8 Å². The highest BCUT2D eigenvalue weighted by Crippen LogP contribution is 2.30. The Hall–Kier alpha value is -4.39. The minimum atomic E-state index is -1.44. The number of ether oxygens (including phenoxy) is 1. The van der Waals surface area contributed by atoms with E-state index in [0.717, 1.165) is 12.3 Å². The number of anilines is 2. The Morgan fingerprint density at radius 1 is 1.29 bits per heavy atom. The monoisotopic (exact) mass is 496 g/mol. The van der Waals surface area contributed by atoms with Gasteiger partial charge in [-0.15, -0.1) is 11.3 Å². The lowest BCUT2D eigenvalue weighted by atomic mass is 9.99. The maximum atomic E-state index is 15.0. The van der Waals surface area contributed by atoms with Gasteiger partial charge in [0, 0.05) is 37.1 Å². The number of rotatable bonds is 6. The summed E-state index contributed by atoms with van der Waals surface area (Å²) >= 11 is 1.20. The van der Waals surface area contributed by atoms with Crippen LogP contribution < -0.4 is 20.4 Å². The van der Waals surface area contributed by atoms with E-state index in [1.807, 2.05) is 0 Å². The zero-order chi connectivity index (χ0) is 24.7. The summed E-state index contributed by atoms with van der Waals surface area (Å²) in [7, 11) is 1.47. The predicted molar refractivity (Wildman–Crippen MR) is 125 cm³/mol. The third-order valence-corrected chi connectivity index (χ3v) is 6.32. The molecule has 2 N–H and O–H groups in total. The number of nitrogens with one attached hydrogen (secondary N) is 1. The van der Waals surface area contributed by atoms with Crippen LogP contribution in [-0.4, -0.2) is 56.7 Å². The molecule has 0 aliphatic carbocycles. The largest absolute Gasteiger partial charge is 0.493 e. The van der Waals surface area contributed by atoms with Crippen LogP contribution in [0.25, 0.3) is 16.2 Å². The molecule has 1 saturated heterocycles. The first-order valence-electron chi connectivity index (χ1n) is 10.3. The number of halogens is 1. The van der Waals surface area contributed by atoms with Crippen molar-refractivity contribution in [3.63, 3.8) is 0 Å². The number of carboxylic acid groups (broad SMARTS) is 1. The molecule has 0 saturated carbocycles. The average molecular weight is 496 g/mol. The lowest BCUT2D eigenvalue weighted by molar-refractivity contribution is -0.120. The number of thiazole rings is 1. The molecule has 0 bridgehead atoms. The molecule has 0 atom stereocenters. The Kier molecular flexibility index (Phi) is 5.61. The molecule has 0 radical (unpaired) electrons. The van der Waals surface area contributed by atoms with Crippen LogP contribution in [-0.2, 0) is 4.79 Å². The van der Waals surface area contributed by atoms with Crippen molar-refractivity contribution < 1.29 is 23.8 Å². The van der Waals surface area contributed by atoms with Crippen molar-refractivity contribution >= 4 is 45.9 Å². The number of nitrogens with zero attached hydrogens (tertiary/aromatic N) is 5. The second-order valence-electron chi connectivity index (χ2n) is 7.67. The summed E-state index contributed by atoms with van der Waals surface area (Å²) in [6, 6.07) is 4.32. The van der Waals surface area contributed by atoms with Crippen LogP contribution >= 0.6 is 11.3 Å². The van der Waals surface area contributed by atoms with Gasteiger partial charge in [0.25, 0.3) is 0 Å². The van der Waals surface area contributed by atoms with Gasteiger partial charge >= 0.3 is 5.97 Å². The number of aromatic carboxylic acids is 1. The average Bonchev–Trinajstić information content (AvgIpc) is 3.34. The Balaban J connectivity index is 1.45. The first kappa shape index (κ1) is 22.4. The second-order valence-corrected chi connectivity index (χ2v) is 8.55. The molecule has 0 aromatic carbocycles. The fourth-order valence-corrected chi connectivity index (χ4v) is 4.37. The smallest absolute Gasteiger partial charge is 0.341 e. The molecule has 1 fully saturated rings. The molecule has 1 amide bonds. The van der Waals surface area contributed by atoms with Crippen molar-refractivity contribution in [1.82, 2.24) is 19.5 Å². The summed E-state index contributed by atoms with van der Waals surface area (Å²) in [5, 5.41) is 14.0. The molecule has 5 heterocycles. The Morgan fingerprint density at radius 3 is 2.77 bits per heavy atom. The number of carboxylic acids is 1. The van der Waals surface area contributed by atoms with Gasteiger partial charge in [0.05, 0.1) is 18.4 Å². The number of hydrogen-bond acceptors (Lipinski definition) is 9. The maximum Gasteiger partial charge on any atom is 0.341 e. The molecule has 1 aliphatic heterocycles. The normalized spacial score (nSPS) is 13.5. The van der Waals surface area contributed by atoms with Gasteiger partial charge in [-0.3, -0.25) is 14.2 Å². The van der Waals surface area contributed by atoms with Gasteiger partial charge in [0.1, 0.15) is 5.56 Å². The van der Waals surface area contributed by atoms with Gasteiger partial charge in [-0.2, -0.15) is 0 Å². The number of aromatic nitrogens is 4. The first-order valence-corrected chi connectivity index (χ1v) is 11.2. The van der Waals surface area contributed by atoms with Gasteiger partial charge in [-0.1, -0.05) is 0 Å². The molecule has 4 aromatic rings. The van der Waals surface area contributed by atoms with E-state index < -0.39 is 28.7 Å². The molecule has 1 aliphatic rings. The molecule has 178 valence electrons. The van der Waals surface area contributed by atoms with Crippen LogP contribution in [0.1, 0.15) is 10.4 Å². The summed E-state index contributed by atoms with van der Waals surface area (Å²) in [6.07, 6.45) is 4.18.